The maximum absolute atomic E-state index is 13.8. The Morgan fingerprint density at radius 2 is 1.92 bits per heavy atom. The van der Waals surface area contributed by atoms with Crippen molar-refractivity contribution in [1.29, 1.82) is 0 Å². The summed E-state index contributed by atoms with van der Waals surface area (Å²) >= 11 is 0. The fraction of sp³-hybridized carbons (Fsp3) is 0.389. The van der Waals surface area contributed by atoms with Gasteiger partial charge in [-0.1, -0.05) is 6.07 Å². The second-order valence-corrected chi connectivity index (χ2v) is 6.18. The lowest BCUT2D eigenvalue weighted by atomic mass is 9.95. The Kier molecular flexibility index (Phi) is 5.08. The summed E-state index contributed by atoms with van der Waals surface area (Å²) in [6.45, 7) is 6.33. The number of hydrogen-bond donors (Lipinski definition) is 2. The molecule has 1 aromatic heterocycles. The zero-order chi connectivity index (χ0) is 18.1. The van der Waals surface area contributed by atoms with Gasteiger partial charge < -0.3 is 14.8 Å². The molecule has 0 bridgehead atoms. The van der Waals surface area contributed by atoms with Crippen LogP contribution in [0.25, 0.3) is 0 Å². The van der Waals surface area contributed by atoms with E-state index in [1.807, 2.05) is 0 Å². The Labute approximate surface area is 139 Å². The van der Waals surface area contributed by atoms with E-state index in [1.54, 1.807) is 26.8 Å². The first-order valence-electron chi connectivity index (χ1n) is 7.65. The van der Waals surface area contributed by atoms with Crippen LogP contribution in [0.5, 0.6) is 0 Å². The minimum atomic E-state index is -1.36. The largest absolute Gasteiger partial charge is 0.466 e. The fourth-order valence-electron chi connectivity index (χ4n) is 2.73. The van der Waals surface area contributed by atoms with E-state index < -0.39 is 29.1 Å². The van der Waals surface area contributed by atoms with Crippen LogP contribution < -0.4 is 5.32 Å². The normalized spacial score (nSPS) is 15.0. The molecule has 2 atom stereocenters. The summed E-state index contributed by atoms with van der Waals surface area (Å²) < 4.78 is 32.9. The molecular formula is C18H21F2NO3. The van der Waals surface area contributed by atoms with Crippen molar-refractivity contribution in [2.45, 2.75) is 39.2 Å². The van der Waals surface area contributed by atoms with Gasteiger partial charge in [0, 0.05) is 11.1 Å². The molecule has 0 saturated heterocycles. The molecule has 6 heteroatoms. The number of rotatable bonds is 5. The predicted octanol–water partition coefficient (Wildman–Crippen LogP) is 3.30. The molecule has 0 saturated carbocycles. The first-order chi connectivity index (χ1) is 11.1. The van der Waals surface area contributed by atoms with E-state index in [0.29, 0.717) is 17.1 Å². The van der Waals surface area contributed by atoms with Gasteiger partial charge in [0.2, 0.25) is 5.91 Å². The third-order valence-corrected chi connectivity index (χ3v) is 4.05. The van der Waals surface area contributed by atoms with E-state index in [4.69, 9.17) is 4.42 Å². The molecule has 0 aliphatic heterocycles. The minimum Gasteiger partial charge on any atom is -0.466 e. The number of hydrogen-bond acceptors (Lipinski definition) is 3. The van der Waals surface area contributed by atoms with E-state index in [-0.39, 0.29) is 12.1 Å². The molecule has 2 N–H and O–H groups in total. The molecule has 2 aromatic rings. The number of carbonyl (C=O) groups excluding carboxylic acids is 1. The smallest absolute Gasteiger partial charge is 0.227 e. The van der Waals surface area contributed by atoms with Gasteiger partial charge in [0.1, 0.15) is 28.8 Å². The third kappa shape index (κ3) is 3.64. The Bertz CT molecular complexity index is 732. The second-order valence-electron chi connectivity index (χ2n) is 6.18. The number of furan rings is 1. The van der Waals surface area contributed by atoms with Gasteiger partial charge in [0.15, 0.2) is 0 Å². The topological polar surface area (TPSA) is 62.5 Å². The molecular weight excluding hydrogens is 316 g/mol. The number of halogens is 2. The zero-order valence-electron chi connectivity index (χ0n) is 14.1. The van der Waals surface area contributed by atoms with Crippen molar-refractivity contribution >= 4 is 5.91 Å². The van der Waals surface area contributed by atoms with Crippen LogP contribution in [0, 0.1) is 25.5 Å². The van der Waals surface area contributed by atoms with Crippen LogP contribution in [0.2, 0.25) is 0 Å². The number of amides is 1. The molecule has 1 amide bonds. The first-order valence-corrected chi connectivity index (χ1v) is 7.65. The predicted molar refractivity (Wildman–Crippen MR) is 85.5 cm³/mol. The van der Waals surface area contributed by atoms with Gasteiger partial charge >= 0.3 is 0 Å². The molecule has 4 nitrogen and oxygen atoms in total. The number of aliphatic hydroxyl groups is 1. The summed E-state index contributed by atoms with van der Waals surface area (Å²) in [5.41, 5.74) is -1.08. The fourth-order valence-corrected chi connectivity index (χ4v) is 2.73. The quantitative estimate of drug-likeness (QED) is 0.880. The van der Waals surface area contributed by atoms with Crippen LogP contribution in [0.1, 0.15) is 42.4 Å². The average Bonchev–Trinajstić information content (AvgIpc) is 2.84. The summed E-state index contributed by atoms with van der Waals surface area (Å²) in [5, 5.41) is 13.1. The summed E-state index contributed by atoms with van der Waals surface area (Å²) in [6, 6.07) is 5.15. The van der Waals surface area contributed by atoms with Crippen LogP contribution >= 0.6 is 0 Å². The van der Waals surface area contributed by atoms with Gasteiger partial charge in [-0.05, 0) is 45.9 Å². The highest BCUT2D eigenvalue weighted by Crippen LogP contribution is 2.27. The molecule has 2 rings (SSSR count). The van der Waals surface area contributed by atoms with E-state index in [2.05, 4.69) is 5.32 Å². The van der Waals surface area contributed by atoms with Gasteiger partial charge in [-0.2, -0.15) is 0 Å². The zero-order valence-corrected chi connectivity index (χ0v) is 14.1. The molecule has 2 unspecified atom stereocenters. The summed E-state index contributed by atoms with van der Waals surface area (Å²) in [4.78, 5) is 12.2. The molecule has 24 heavy (non-hydrogen) atoms. The van der Waals surface area contributed by atoms with Crippen molar-refractivity contribution in [2.24, 2.45) is 0 Å². The molecule has 0 fully saturated rings. The lowest BCUT2D eigenvalue weighted by molar-refractivity contribution is -0.123. The lowest BCUT2D eigenvalue weighted by Gasteiger charge is -2.24. The molecule has 1 aromatic carbocycles. The molecule has 130 valence electrons. The van der Waals surface area contributed by atoms with Crippen molar-refractivity contribution in [3.63, 3.8) is 0 Å². The van der Waals surface area contributed by atoms with E-state index in [9.17, 15) is 18.7 Å². The SMILES string of the molecule is Cc1cc(C(C)(O)CNC(=O)C(C)c2c(F)cccc2F)c(C)o1. The van der Waals surface area contributed by atoms with Crippen molar-refractivity contribution in [3.8, 4) is 0 Å². The minimum absolute atomic E-state index is 0.105. The van der Waals surface area contributed by atoms with Gasteiger partial charge in [0.05, 0.1) is 12.5 Å². The first kappa shape index (κ1) is 18.1. The monoisotopic (exact) mass is 337 g/mol. The van der Waals surface area contributed by atoms with Crippen molar-refractivity contribution in [3.05, 3.63) is 58.5 Å². The number of nitrogens with one attached hydrogen (secondary N) is 1. The number of benzene rings is 1. The van der Waals surface area contributed by atoms with Crippen LogP contribution in [0.15, 0.2) is 28.7 Å². The van der Waals surface area contributed by atoms with E-state index in [1.165, 1.54) is 13.0 Å². The molecule has 1 heterocycles. The van der Waals surface area contributed by atoms with Gasteiger partial charge in [-0.15, -0.1) is 0 Å². The summed E-state index contributed by atoms with van der Waals surface area (Å²) in [5.74, 6) is -1.93. The van der Waals surface area contributed by atoms with Crippen LogP contribution in [0.4, 0.5) is 8.78 Å². The highest BCUT2D eigenvalue weighted by atomic mass is 19.1. The van der Waals surface area contributed by atoms with Crippen molar-refractivity contribution in [1.82, 2.24) is 5.32 Å². The van der Waals surface area contributed by atoms with Crippen LogP contribution in [0.3, 0.4) is 0 Å². The Hall–Kier alpha value is -2.21. The highest BCUT2D eigenvalue weighted by Gasteiger charge is 2.30. The molecule has 0 spiro atoms. The lowest BCUT2D eigenvalue weighted by Crippen LogP contribution is -2.40. The van der Waals surface area contributed by atoms with E-state index in [0.717, 1.165) is 12.1 Å². The number of aryl methyl sites for hydroxylation is 2. The molecule has 0 radical (unpaired) electrons. The second kappa shape index (κ2) is 6.73. The maximum Gasteiger partial charge on any atom is 0.227 e. The molecule has 0 aliphatic rings. The van der Waals surface area contributed by atoms with Gasteiger partial charge in [-0.25, -0.2) is 8.78 Å². The maximum atomic E-state index is 13.8. The summed E-state index contributed by atoms with van der Waals surface area (Å²) in [7, 11) is 0. The Morgan fingerprint density at radius 1 is 1.33 bits per heavy atom. The highest BCUT2D eigenvalue weighted by molar-refractivity contribution is 5.83. The van der Waals surface area contributed by atoms with Crippen LogP contribution in [-0.2, 0) is 10.4 Å². The average molecular weight is 337 g/mol. The molecule has 0 aliphatic carbocycles. The number of carbonyl (C=O) groups is 1. The third-order valence-electron chi connectivity index (χ3n) is 4.05. The Balaban J connectivity index is 2.11. The standard InChI is InChI=1S/C18H21F2NO3/c1-10-8-13(12(3)24-10)18(4,23)9-21-17(22)11(2)16-14(19)6-5-7-15(16)20/h5-8,11,23H,9H2,1-4H3,(H,21,22). The van der Waals surface area contributed by atoms with Crippen LogP contribution in [-0.4, -0.2) is 17.6 Å². The van der Waals surface area contributed by atoms with Gasteiger partial charge in [-0.3, -0.25) is 4.79 Å². The van der Waals surface area contributed by atoms with Gasteiger partial charge in [0.25, 0.3) is 0 Å². The Morgan fingerprint density at radius 3 is 2.42 bits per heavy atom. The van der Waals surface area contributed by atoms with E-state index >= 15 is 0 Å². The van der Waals surface area contributed by atoms with Crippen molar-refractivity contribution in [2.75, 3.05) is 6.54 Å². The summed E-state index contributed by atoms with van der Waals surface area (Å²) in [6.07, 6.45) is 0. The van der Waals surface area contributed by atoms with Crippen molar-refractivity contribution < 1.29 is 23.1 Å².